The summed E-state index contributed by atoms with van der Waals surface area (Å²) in [6.45, 7) is 0.634. The lowest BCUT2D eigenvalue weighted by Crippen LogP contribution is -2.24. The molecule has 3 rings (SSSR count). The van der Waals surface area contributed by atoms with Crippen LogP contribution >= 0.6 is 0 Å². The number of H-pyrrole nitrogens is 1. The summed E-state index contributed by atoms with van der Waals surface area (Å²) >= 11 is 0. The van der Waals surface area contributed by atoms with E-state index >= 15 is 0 Å². The molecule has 0 atom stereocenters. The number of benzene rings is 2. The van der Waals surface area contributed by atoms with Crippen molar-refractivity contribution in [3.63, 3.8) is 0 Å². The number of hydrogen-bond donors (Lipinski definition) is 4. The van der Waals surface area contributed by atoms with Gasteiger partial charge in [0.2, 0.25) is 0 Å². The van der Waals surface area contributed by atoms with E-state index in [4.69, 9.17) is 0 Å². The van der Waals surface area contributed by atoms with Crippen LogP contribution in [0.4, 0.5) is 15.8 Å². The smallest absolute Gasteiger partial charge is 0.335 e. The number of rotatable bonds is 7. The van der Waals surface area contributed by atoms with Gasteiger partial charge in [-0.05, 0) is 62.5 Å². The summed E-state index contributed by atoms with van der Waals surface area (Å²) in [5, 5.41) is 15.1. The molecule has 8 nitrogen and oxygen atoms in total. The van der Waals surface area contributed by atoms with Gasteiger partial charge in [-0.1, -0.05) is 0 Å². The van der Waals surface area contributed by atoms with Gasteiger partial charge in [-0.2, -0.15) is 0 Å². The molecule has 0 aliphatic rings. The summed E-state index contributed by atoms with van der Waals surface area (Å²) in [5.41, 5.74) is 1.13. The number of aromatic amines is 1. The van der Waals surface area contributed by atoms with Gasteiger partial charge in [0.05, 0.1) is 16.8 Å². The van der Waals surface area contributed by atoms with E-state index in [0.717, 1.165) is 0 Å². The first-order valence-electron chi connectivity index (χ1n) is 9.56. The van der Waals surface area contributed by atoms with Gasteiger partial charge in [0.15, 0.2) is 0 Å². The SMILES string of the molecule is CNc1cc(F)cc2cc(C(=O)Nc3ccc(C(=O)O)cc3CCN(C)C)c(=O)[nH]c12. The van der Waals surface area contributed by atoms with E-state index in [0.29, 0.717) is 40.8 Å². The van der Waals surface area contributed by atoms with Gasteiger partial charge in [-0.15, -0.1) is 0 Å². The number of carbonyl (C=O) groups excluding carboxylic acids is 1. The predicted molar refractivity (Wildman–Crippen MR) is 118 cm³/mol. The maximum absolute atomic E-state index is 13.9. The van der Waals surface area contributed by atoms with Crippen LogP contribution in [0.15, 0.2) is 41.2 Å². The third kappa shape index (κ3) is 4.89. The highest BCUT2D eigenvalue weighted by molar-refractivity contribution is 6.07. The Bertz CT molecular complexity index is 1220. The van der Waals surface area contributed by atoms with Crippen LogP contribution in [-0.4, -0.2) is 54.6 Å². The normalized spacial score (nSPS) is 11.0. The third-order valence-corrected chi connectivity index (χ3v) is 4.86. The van der Waals surface area contributed by atoms with Gasteiger partial charge in [0.25, 0.3) is 11.5 Å². The molecule has 0 saturated carbocycles. The van der Waals surface area contributed by atoms with E-state index in [-0.39, 0.29) is 11.1 Å². The third-order valence-electron chi connectivity index (χ3n) is 4.86. The second-order valence-corrected chi connectivity index (χ2v) is 7.36. The summed E-state index contributed by atoms with van der Waals surface area (Å²) in [7, 11) is 5.36. The first-order chi connectivity index (χ1) is 14.7. The number of anilines is 2. The van der Waals surface area contributed by atoms with Crippen molar-refractivity contribution in [1.82, 2.24) is 9.88 Å². The van der Waals surface area contributed by atoms with Crippen LogP contribution in [0.1, 0.15) is 26.3 Å². The molecule has 1 aromatic heterocycles. The van der Waals surface area contributed by atoms with Crippen molar-refractivity contribution in [2.45, 2.75) is 6.42 Å². The van der Waals surface area contributed by atoms with Crippen LogP contribution in [-0.2, 0) is 6.42 Å². The Kier molecular flexibility index (Phi) is 6.36. The number of nitrogens with zero attached hydrogens (tertiary/aromatic N) is 1. The molecule has 0 aliphatic carbocycles. The highest BCUT2D eigenvalue weighted by atomic mass is 19.1. The molecule has 0 spiro atoms. The Morgan fingerprint density at radius 1 is 1.13 bits per heavy atom. The quantitative estimate of drug-likeness (QED) is 0.462. The molecule has 1 amide bonds. The van der Waals surface area contributed by atoms with Crippen LogP contribution < -0.4 is 16.2 Å². The predicted octanol–water partition coefficient (Wildman–Crippen LogP) is 2.76. The van der Waals surface area contributed by atoms with Gasteiger partial charge >= 0.3 is 5.97 Å². The van der Waals surface area contributed by atoms with Crippen LogP contribution in [0.25, 0.3) is 10.9 Å². The number of hydrogen-bond acceptors (Lipinski definition) is 5. The summed E-state index contributed by atoms with van der Waals surface area (Å²) in [6.07, 6.45) is 0.495. The molecule has 162 valence electrons. The van der Waals surface area contributed by atoms with E-state index in [1.807, 2.05) is 19.0 Å². The number of pyridine rings is 1. The molecule has 0 fully saturated rings. The van der Waals surface area contributed by atoms with Crippen LogP contribution in [0.5, 0.6) is 0 Å². The number of carbonyl (C=O) groups is 2. The number of halogens is 1. The van der Waals surface area contributed by atoms with Crippen LogP contribution in [0.3, 0.4) is 0 Å². The summed E-state index contributed by atoms with van der Waals surface area (Å²) in [4.78, 5) is 41.3. The Balaban J connectivity index is 1.99. The number of carboxylic acids is 1. The molecular weight excluding hydrogens is 403 g/mol. The van der Waals surface area contributed by atoms with Gasteiger partial charge in [0, 0.05) is 24.7 Å². The number of fused-ring (bicyclic) bond motifs is 1. The average Bonchev–Trinajstić information content (AvgIpc) is 2.71. The van der Waals surface area contributed by atoms with Crippen molar-refractivity contribution in [2.75, 3.05) is 38.3 Å². The Labute approximate surface area is 177 Å². The second-order valence-electron chi connectivity index (χ2n) is 7.36. The van der Waals surface area contributed by atoms with Crippen molar-refractivity contribution < 1.29 is 19.1 Å². The van der Waals surface area contributed by atoms with E-state index in [2.05, 4.69) is 15.6 Å². The van der Waals surface area contributed by atoms with E-state index < -0.39 is 23.3 Å². The fourth-order valence-electron chi connectivity index (χ4n) is 3.24. The molecule has 9 heteroatoms. The zero-order valence-electron chi connectivity index (χ0n) is 17.4. The summed E-state index contributed by atoms with van der Waals surface area (Å²) in [6, 6.07) is 8.20. The number of aromatic carboxylic acids is 1. The average molecular weight is 426 g/mol. The Morgan fingerprint density at radius 3 is 2.52 bits per heavy atom. The first kappa shape index (κ1) is 22.0. The molecule has 1 heterocycles. The van der Waals surface area contributed by atoms with Gasteiger partial charge in [-0.3, -0.25) is 9.59 Å². The Hall–Kier alpha value is -3.72. The Morgan fingerprint density at radius 2 is 1.87 bits per heavy atom. The number of nitrogens with one attached hydrogen (secondary N) is 3. The monoisotopic (exact) mass is 426 g/mol. The fourth-order valence-corrected chi connectivity index (χ4v) is 3.24. The molecule has 0 unspecified atom stereocenters. The highest BCUT2D eigenvalue weighted by Gasteiger charge is 2.17. The van der Waals surface area contributed by atoms with Crippen molar-refractivity contribution in [3.8, 4) is 0 Å². The number of aromatic nitrogens is 1. The molecule has 2 aromatic carbocycles. The number of likely N-dealkylation sites (N-methyl/N-ethyl adjacent to an activating group) is 1. The minimum absolute atomic E-state index is 0.102. The van der Waals surface area contributed by atoms with E-state index in [9.17, 15) is 23.9 Å². The molecule has 0 bridgehead atoms. The van der Waals surface area contributed by atoms with E-state index in [1.54, 1.807) is 7.05 Å². The van der Waals surface area contributed by atoms with Gasteiger partial charge in [-0.25, -0.2) is 9.18 Å². The highest BCUT2D eigenvalue weighted by Crippen LogP contribution is 2.23. The zero-order chi connectivity index (χ0) is 22.7. The molecule has 0 saturated heterocycles. The lowest BCUT2D eigenvalue weighted by Gasteiger charge is -2.15. The lowest BCUT2D eigenvalue weighted by molar-refractivity contribution is 0.0696. The maximum Gasteiger partial charge on any atom is 0.335 e. The minimum Gasteiger partial charge on any atom is -0.478 e. The van der Waals surface area contributed by atoms with Crippen LogP contribution in [0.2, 0.25) is 0 Å². The standard InChI is InChI=1S/C22H23FN4O4/c1-24-18-11-15(23)9-14-10-16(21(29)26-19(14)18)20(28)25-17-5-4-13(22(30)31)8-12(17)6-7-27(2)3/h4-5,8-11,24H,6-7H2,1-3H3,(H,25,28)(H,26,29)(H,30,31). The molecular formula is C22H23FN4O4. The van der Waals surface area contributed by atoms with Crippen molar-refractivity contribution in [2.24, 2.45) is 0 Å². The molecule has 3 aromatic rings. The number of amides is 1. The molecule has 0 aliphatic heterocycles. The largest absolute Gasteiger partial charge is 0.478 e. The topological polar surface area (TPSA) is 115 Å². The van der Waals surface area contributed by atoms with Crippen molar-refractivity contribution in [3.05, 3.63) is 69.3 Å². The van der Waals surface area contributed by atoms with Gasteiger partial charge < -0.3 is 25.6 Å². The van der Waals surface area contributed by atoms with Crippen LogP contribution in [0, 0.1) is 5.82 Å². The second kappa shape index (κ2) is 8.97. The van der Waals surface area contributed by atoms with Gasteiger partial charge in [0.1, 0.15) is 11.4 Å². The fraction of sp³-hybridized carbons (Fsp3) is 0.227. The molecule has 4 N–H and O–H groups in total. The zero-order valence-corrected chi connectivity index (χ0v) is 17.4. The summed E-state index contributed by atoms with van der Waals surface area (Å²) < 4.78 is 13.9. The number of carboxylic acid groups (broad SMARTS) is 1. The van der Waals surface area contributed by atoms with Crippen molar-refractivity contribution >= 4 is 34.2 Å². The minimum atomic E-state index is -1.07. The first-order valence-corrected chi connectivity index (χ1v) is 9.56. The molecule has 0 radical (unpaired) electrons. The maximum atomic E-state index is 13.9. The summed E-state index contributed by atoms with van der Waals surface area (Å²) in [5.74, 6) is -2.25. The lowest BCUT2D eigenvalue weighted by atomic mass is 10.0. The van der Waals surface area contributed by atoms with Crippen molar-refractivity contribution in [1.29, 1.82) is 0 Å². The van der Waals surface area contributed by atoms with E-state index in [1.165, 1.54) is 36.4 Å². The molecule has 31 heavy (non-hydrogen) atoms.